The highest BCUT2D eigenvalue weighted by atomic mass is 32.2. The molecule has 11 heteroatoms. The van der Waals surface area contributed by atoms with E-state index in [4.69, 9.17) is 4.74 Å². The number of nitrogens with zero attached hydrogens (tertiary/aromatic N) is 2. The number of nitro benzene ring substituents is 1. The minimum absolute atomic E-state index is 0.155. The number of hydrogen-bond donors (Lipinski definition) is 0. The van der Waals surface area contributed by atoms with Crippen LogP contribution in [0.4, 0.5) is 18.9 Å². The van der Waals surface area contributed by atoms with E-state index >= 15 is 0 Å². The standard InChI is InChI=1S/C13H15F3N2O5S/c14-13(15,16)9-17(10-5-7-23-8-6-10)24(21,22)12-3-1-11(2-4-12)18(19)20/h1-4,10H,5-9H2. The highest BCUT2D eigenvalue weighted by Crippen LogP contribution is 2.29. The minimum atomic E-state index is -4.70. The van der Waals surface area contributed by atoms with Crippen LogP contribution in [0.25, 0.3) is 0 Å². The molecule has 0 unspecified atom stereocenters. The number of ether oxygens (including phenoxy) is 1. The van der Waals surface area contributed by atoms with Crippen molar-refractivity contribution in [3.63, 3.8) is 0 Å². The van der Waals surface area contributed by atoms with E-state index in [1.54, 1.807) is 0 Å². The summed E-state index contributed by atoms with van der Waals surface area (Å²) < 4.78 is 69.2. The fourth-order valence-electron chi connectivity index (χ4n) is 2.44. The maximum atomic E-state index is 12.9. The average Bonchev–Trinajstić information content (AvgIpc) is 2.52. The third kappa shape index (κ3) is 4.42. The molecule has 0 N–H and O–H groups in total. The summed E-state index contributed by atoms with van der Waals surface area (Å²) in [6.45, 7) is -1.26. The average molecular weight is 368 g/mol. The van der Waals surface area contributed by atoms with Gasteiger partial charge in [-0.05, 0) is 25.0 Å². The summed E-state index contributed by atoms with van der Waals surface area (Å²) in [7, 11) is -4.44. The Labute approximate surface area is 136 Å². The predicted molar refractivity (Wildman–Crippen MR) is 76.9 cm³/mol. The Morgan fingerprint density at radius 3 is 2.21 bits per heavy atom. The Kier molecular flexibility index (Phi) is 5.45. The summed E-state index contributed by atoms with van der Waals surface area (Å²) in [5, 5.41) is 10.6. The molecule has 0 spiro atoms. The number of sulfonamides is 1. The van der Waals surface area contributed by atoms with Gasteiger partial charge in [0.2, 0.25) is 10.0 Å². The van der Waals surface area contributed by atoms with Gasteiger partial charge >= 0.3 is 6.18 Å². The highest BCUT2D eigenvalue weighted by molar-refractivity contribution is 7.89. The van der Waals surface area contributed by atoms with Crippen LogP contribution in [0.1, 0.15) is 12.8 Å². The van der Waals surface area contributed by atoms with Gasteiger partial charge in [0, 0.05) is 31.4 Å². The first-order valence-corrected chi connectivity index (χ1v) is 8.46. The number of non-ortho nitro benzene ring substituents is 1. The van der Waals surface area contributed by atoms with Crippen molar-refractivity contribution in [2.75, 3.05) is 19.8 Å². The molecule has 134 valence electrons. The van der Waals surface area contributed by atoms with Gasteiger partial charge in [-0.15, -0.1) is 0 Å². The van der Waals surface area contributed by atoms with Gasteiger partial charge in [0.15, 0.2) is 0 Å². The van der Waals surface area contributed by atoms with E-state index in [1.807, 2.05) is 0 Å². The SMILES string of the molecule is O=[N+]([O-])c1ccc(S(=O)(=O)N(CC(F)(F)F)C2CCOCC2)cc1. The van der Waals surface area contributed by atoms with Crippen molar-refractivity contribution in [3.05, 3.63) is 34.4 Å². The number of hydrogen-bond acceptors (Lipinski definition) is 5. The zero-order valence-corrected chi connectivity index (χ0v) is 13.2. The molecule has 1 heterocycles. The van der Waals surface area contributed by atoms with Crippen LogP contribution in [0.15, 0.2) is 29.2 Å². The summed E-state index contributed by atoms with van der Waals surface area (Å²) >= 11 is 0. The summed E-state index contributed by atoms with van der Waals surface area (Å²) in [5.41, 5.74) is -0.345. The summed E-state index contributed by atoms with van der Waals surface area (Å²) in [4.78, 5) is 9.48. The van der Waals surface area contributed by atoms with Crippen molar-refractivity contribution < 1.29 is 31.2 Å². The first-order chi connectivity index (χ1) is 11.1. The monoisotopic (exact) mass is 368 g/mol. The second-order valence-corrected chi connectivity index (χ2v) is 7.15. The third-order valence-electron chi connectivity index (χ3n) is 3.59. The Hall–Kier alpha value is -1.72. The maximum absolute atomic E-state index is 12.9. The fraction of sp³-hybridized carbons (Fsp3) is 0.538. The van der Waals surface area contributed by atoms with Crippen molar-refractivity contribution >= 4 is 15.7 Å². The number of halogens is 3. The molecule has 0 atom stereocenters. The van der Waals surface area contributed by atoms with Gasteiger partial charge in [0.1, 0.15) is 6.54 Å². The van der Waals surface area contributed by atoms with E-state index in [0.717, 1.165) is 24.3 Å². The lowest BCUT2D eigenvalue weighted by atomic mass is 10.1. The van der Waals surface area contributed by atoms with Crippen LogP contribution in [-0.2, 0) is 14.8 Å². The first-order valence-electron chi connectivity index (χ1n) is 7.02. The Morgan fingerprint density at radius 2 is 1.75 bits per heavy atom. The van der Waals surface area contributed by atoms with Gasteiger partial charge in [-0.2, -0.15) is 17.5 Å². The van der Waals surface area contributed by atoms with E-state index in [9.17, 15) is 31.7 Å². The first kappa shape index (κ1) is 18.6. The molecule has 24 heavy (non-hydrogen) atoms. The van der Waals surface area contributed by atoms with Gasteiger partial charge in [0.25, 0.3) is 5.69 Å². The molecule has 1 fully saturated rings. The Morgan fingerprint density at radius 1 is 1.21 bits per heavy atom. The zero-order valence-electron chi connectivity index (χ0n) is 12.4. The van der Waals surface area contributed by atoms with Crippen molar-refractivity contribution in [1.82, 2.24) is 4.31 Å². The van der Waals surface area contributed by atoms with Crippen LogP contribution in [0.5, 0.6) is 0 Å². The summed E-state index contributed by atoms with van der Waals surface area (Å²) in [6, 6.07) is 2.94. The van der Waals surface area contributed by atoms with E-state index in [-0.39, 0.29) is 31.7 Å². The summed E-state index contributed by atoms with van der Waals surface area (Å²) in [6.07, 6.45) is -4.39. The second kappa shape index (κ2) is 7.03. The van der Waals surface area contributed by atoms with E-state index < -0.39 is 38.6 Å². The zero-order chi connectivity index (χ0) is 18.0. The maximum Gasteiger partial charge on any atom is 0.402 e. The molecule has 0 radical (unpaired) electrons. The van der Waals surface area contributed by atoms with E-state index in [2.05, 4.69) is 0 Å². The normalized spacial score (nSPS) is 17.2. The van der Waals surface area contributed by atoms with Crippen LogP contribution in [0.2, 0.25) is 0 Å². The molecule has 1 aromatic rings. The smallest absolute Gasteiger partial charge is 0.381 e. The Bertz CT molecular complexity index is 685. The van der Waals surface area contributed by atoms with Crippen LogP contribution in [0.3, 0.4) is 0 Å². The van der Waals surface area contributed by atoms with Crippen LogP contribution < -0.4 is 0 Å². The van der Waals surface area contributed by atoms with Crippen molar-refractivity contribution in [2.45, 2.75) is 30.0 Å². The molecule has 1 aliphatic heterocycles. The minimum Gasteiger partial charge on any atom is -0.381 e. The molecule has 1 aliphatic rings. The Balaban J connectivity index is 2.36. The number of nitro groups is 1. The number of rotatable bonds is 5. The third-order valence-corrected chi connectivity index (χ3v) is 5.50. The fourth-order valence-corrected chi connectivity index (χ4v) is 4.11. The molecule has 0 amide bonds. The molecule has 0 aromatic heterocycles. The van der Waals surface area contributed by atoms with Gasteiger partial charge in [-0.25, -0.2) is 8.42 Å². The highest BCUT2D eigenvalue weighted by Gasteiger charge is 2.41. The molecule has 1 aromatic carbocycles. The van der Waals surface area contributed by atoms with Gasteiger partial charge < -0.3 is 4.74 Å². The molecule has 0 aliphatic carbocycles. The topological polar surface area (TPSA) is 89.8 Å². The lowest BCUT2D eigenvalue weighted by molar-refractivity contribution is -0.384. The predicted octanol–water partition coefficient (Wildman–Crippen LogP) is 2.33. The van der Waals surface area contributed by atoms with Crippen molar-refractivity contribution in [1.29, 1.82) is 0 Å². The van der Waals surface area contributed by atoms with Gasteiger partial charge in [-0.3, -0.25) is 10.1 Å². The van der Waals surface area contributed by atoms with Crippen LogP contribution in [-0.4, -0.2) is 49.6 Å². The van der Waals surface area contributed by atoms with Crippen LogP contribution >= 0.6 is 0 Å². The summed E-state index contributed by atoms with van der Waals surface area (Å²) in [5.74, 6) is 0. The number of alkyl halides is 3. The molecule has 1 saturated heterocycles. The molecular formula is C13H15F3N2O5S. The molecular weight excluding hydrogens is 353 g/mol. The van der Waals surface area contributed by atoms with Gasteiger partial charge in [0.05, 0.1) is 9.82 Å². The van der Waals surface area contributed by atoms with E-state index in [1.165, 1.54) is 0 Å². The molecule has 7 nitrogen and oxygen atoms in total. The molecule has 0 saturated carbocycles. The largest absolute Gasteiger partial charge is 0.402 e. The van der Waals surface area contributed by atoms with E-state index in [0.29, 0.717) is 4.31 Å². The van der Waals surface area contributed by atoms with Crippen molar-refractivity contribution in [3.8, 4) is 0 Å². The molecule has 2 rings (SSSR count). The lowest BCUT2D eigenvalue weighted by Gasteiger charge is -2.33. The lowest BCUT2D eigenvalue weighted by Crippen LogP contribution is -2.47. The second-order valence-electron chi connectivity index (χ2n) is 5.26. The van der Waals surface area contributed by atoms with Crippen molar-refractivity contribution in [2.24, 2.45) is 0 Å². The number of benzene rings is 1. The molecule has 0 bridgehead atoms. The quantitative estimate of drug-likeness (QED) is 0.588. The van der Waals surface area contributed by atoms with Gasteiger partial charge in [-0.1, -0.05) is 0 Å². The van der Waals surface area contributed by atoms with Crippen LogP contribution in [0, 0.1) is 10.1 Å².